The maximum atomic E-state index is 13.0. The van der Waals surface area contributed by atoms with Gasteiger partial charge >= 0.3 is 0 Å². The second-order valence-electron chi connectivity index (χ2n) is 7.75. The van der Waals surface area contributed by atoms with E-state index in [4.69, 9.17) is 4.42 Å². The average molecular weight is 371 g/mol. The summed E-state index contributed by atoms with van der Waals surface area (Å²) in [6.07, 6.45) is 0. The molecular formula is C21H29N3O3. The summed E-state index contributed by atoms with van der Waals surface area (Å²) in [6, 6.07) is 4.23. The molecule has 27 heavy (non-hydrogen) atoms. The number of rotatable bonds is 4. The van der Waals surface area contributed by atoms with Gasteiger partial charge in [0.05, 0.1) is 6.54 Å². The molecule has 1 fully saturated rings. The second kappa shape index (κ2) is 7.72. The molecule has 1 aromatic heterocycles. The van der Waals surface area contributed by atoms with Crippen LogP contribution in [-0.2, 0) is 4.79 Å². The van der Waals surface area contributed by atoms with E-state index in [1.165, 1.54) is 0 Å². The minimum Gasteiger partial charge on any atom is -0.450 e. The van der Waals surface area contributed by atoms with E-state index in [2.05, 4.69) is 16.3 Å². The van der Waals surface area contributed by atoms with Crippen LogP contribution >= 0.6 is 0 Å². The molecule has 2 amide bonds. The van der Waals surface area contributed by atoms with E-state index in [0.29, 0.717) is 38.5 Å². The van der Waals surface area contributed by atoms with Gasteiger partial charge in [-0.25, -0.2) is 0 Å². The zero-order chi connectivity index (χ0) is 19.7. The van der Waals surface area contributed by atoms with Crippen LogP contribution in [0.5, 0.6) is 0 Å². The minimum absolute atomic E-state index is 0.0313. The first-order chi connectivity index (χ1) is 12.8. The van der Waals surface area contributed by atoms with E-state index in [1.54, 1.807) is 0 Å². The Morgan fingerprint density at radius 3 is 2.30 bits per heavy atom. The third kappa shape index (κ3) is 4.00. The fraction of sp³-hybridized carbons (Fsp3) is 0.524. The van der Waals surface area contributed by atoms with Gasteiger partial charge in [0.25, 0.3) is 5.91 Å². The highest BCUT2D eigenvalue weighted by molar-refractivity contribution is 6.00. The fourth-order valence-electron chi connectivity index (χ4n) is 3.70. The first-order valence-electron chi connectivity index (χ1n) is 9.58. The molecule has 0 bridgehead atoms. The number of hydrogen-bond donors (Lipinski definition) is 1. The number of carbonyl (C=O) groups is 2. The molecule has 0 radical (unpaired) electrons. The highest BCUT2D eigenvalue weighted by atomic mass is 16.3. The summed E-state index contributed by atoms with van der Waals surface area (Å²) in [4.78, 5) is 28.8. The molecule has 1 saturated heterocycles. The molecule has 1 N–H and O–H groups in total. The van der Waals surface area contributed by atoms with Crippen LogP contribution in [0.4, 0.5) is 0 Å². The predicted molar refractivity (Wildman–Crippen MR) is 106 cm³/mol. The highest BCUT2D eigenvalue weighted by Gasteiger charge is 2.28. The summed E-state index contributed by atoms with van der Waals surface area (Å²) in [6.45, 7) is 12.9. The van der Waals surface area contributed by atoms with Crippen molar-refractivity contribution >= 4 is 22.8 Å². The smallest absolute Gasteiger partial charge is 0.289 e. The maximum Gasteiger partial charge on any atom is 0.289 e. The van der Waals surface area contributed by atoms with Crippen molar-refractivity contribution in [2.45, 2.75) is 40.7 Å². The first kappa shape index (κ1) is 19.4. The zero-order valence-corrected chi connectivity index (χ0v) is 16.9. The van der Waals surface area contributed by atoms with Gasteiger partial charge in [0.1, 0.15) is 5.58 Å². The quantitative estimate of drug-likeness (QED) is 0.897. The van der Waals surface area contributed by atoms with Crippen LogP contribution in [0.3, 0.4) is 0 Å². The van der Waals surface area contributed by atoms with Gasteiger partial charge in [-0.2, -0.15) is 0 Å². The van der Waals surface area contributed by atoms with E-state index in [9.17, 15) is 9.59 Å². The summed E-state index contributed by atoms with van der Waals surface area (Å²) >= 11 is 0. The normalized spacial score (nSPS) is 15.6. The summed E-state index contributed by atoms with van der Waals surface area (Å²) < 4.78 is 5.99. The monoisotopic (exact) mass is 371 g/mol. The van der Waals surface area contributed by atoms with Gasteiger partial charge in [-0.05, 0) is 45.7 Å². The molecule has 0 spiro atoms. The van der Waals surface area contributed by atoms with Crippen LogP contribution in [0, 0.1) is 20.8 Å². The fourth-order valence-corrected chi connectivity index (χ4v) is 3.70. The minimum atomic E-state index is -0.0613. The number of nitrogens with one attached hydrogen (secondary N) is 1. The Morgan fingerprint density at radius 2 is 1.70 bits per heavy atom. The lowest BCUT2D eigenvalue weighted by Gasteiger charge is -2.34. The molecule has 3 rings (SSSR count). The standard InChI is InChI=1S/C21H29N3O3/c1-13(2)22-17(25)12-23-8-10-24(11-9-23)21(26)20-16(5)18-14(3)6-7-15(4)19(18)27-20/h6-7,13H,8-12H2,1-5H3,(H,22,25). The van der Waals surface area contributed by atoms with Gasteiger partial charge in [-0.3, -0.25) is 14.5 Å². The average Bonchev–Trinajstić information content (AvgIpc) is 2.96. The number of amides is 2. The molecule has 1 aliphatic heterocycles. The van der Waals surface area contributed by atoms with Crippen molar-refractivity contribution in [3.8, 4) is 0 Å². The van der Waals surface area contributed by atoms with Crippen LogP contribution < -0.4 is 5.32 Å². The summed E-state index contributed by atoms with van der Waals surface area (Å²) in [5, 5.41) is 3.95. The van der Waals surface area contributed by atoms with Gasteiger partial charge in [0.2, 0.25) is 5.91 Å². The van der Waals surface area contributed by atoms with E-state index >= 15 is 0 Å². The van der Waals surface area contributed by atoms with Crippen molar-refractivity contribution in [3.63, 3.8) is 0 Å². The van der Waals surface area contributed by atoms with Crippen molar-refractivity contribution in [2.24, 2.45) is 0 Å². The molecule has 1 aliphatic rings. The van der Waals surface area contributed by atoms with Crippen LogP contribution in [0.2, 0.25) is 0 Å². The summed E-state index contributed by atoms with van der Waals surface area (Å²) in [5.41, 5.74) is 3.88. The lowest BCUT2D eigenvalue weighted by molar-refractivity contribution is -0.123. The van der Waals surface area contributed by atoms with Crippen molar-refractivity contribution in [3.05, 3.63) is 34.6 Å². The molecule has 2 heterocycles. The SMILES string of the molecule is Cc1ccc(C)c2c(C)c(C(=O)N3CCN(CC(=O)NC(C)C)CC3)oc12. The van der Waals surface area contributed by atoms with E-state index < -0.39 is 0 Å². The number of piperazine rings is 1. The number of benzene rings is 1. The lowest BCUT2D eigenvalue weighted by Crippen LogP contribution is -2.51. The van der Waals surface area contributed by atoms with E-state index in [-0.39, 0.29) is 17.9 Å². The van der Waals surface area contributed by atoms with Gasteiger partial charge in [-0.1, -0.05) is 12.1 Å². The molecular weight excluding hydrogens is 342 g/mol. The van der Waals surface area contributed by atoms with Crippen LogP contribution in [0.25, 0.3) is 11.0 Å². The Labute approximate surface area is 160 Å². The predicted octanol–water partition coefficient (Wildman–Crippen LogP) is 2.64. The largest absolute Gasteiger partial charge is 0.450 e. The van der Waals surface area contributed by atoms with Crippen molar-refractivity contribution < 1.29 is 14.0 Å². The summed E-state index contributed by atoms with van der Waals surface area (Å²) in [5.74, 6) is 0.408. The number of hydrogen-bond acceptors (Lipinski definition) is 4. The lowest BCUT2D eigenvalue weighted by atomic mass is 10.0. The Morgan fingerprint density at radius 1 is 1.07 bits per heavy atom. The molecule has 0 unspecified atom stereocenters. The molecule has 1 aromatic carbocycles. The molecule has 6 heteroatoms. The van der Waals surface area contributed by atoms with E-state index in [0.717, 1.165) is 27.7 Å². The number of fused-ring (bicyclic) bond motifs is 1. The van der Waals surface area contributed by atoms with Gasteiger partial charge < -0.3 is 14.6 Å². The van der Waals surface area contributed by atoms with Crippen LogP contribution in [-0.4, -0.2) is 60.4 Å². The Bertz CT molecular complexity index is 861. The Hall–Kier alpha value is -2.34. The Balaban J connectivity index is 1.69. The number of nitrogens with zero attached hydrogens (tertiary/aromatic N) is 2. The molecule has 146 valence electrons. The third-order valence-corrected chi connectivity index (χ3v) is 5.15. The summed E-state index contributed by atoms with van der Waals surface area (Å²) in [7, 11) is 0. The molecule has 0 atom stereocenters. The maximum absolute atomic E-state index is 13.0. The topological polar surface area (TPSA) is 65.8 Å². The first-order valence-corrected chi connectivity index (χ1v) is 9.58. The second-order valence-corrected chi connectivity index (χ2v) is 7.75. The van der Waals surface area contributed by atoms with E-state index in [1.807, 2.05) is 45.6 Å². The molecule has 6 nitrogen and oxygen atoms in total. The van der Waals surface area contributed by atoms with Crippen molar-refractivity contribution in [1.29, 1.82) is 0 Å². The third-order valence-electron chi connectivity index (χ3n) is 5.15. The van der Waals surface area contributed by atoms with Crippen molar-refractivity contribution in [2.75, 3.05) is 32.7 Å². The number of carbonyl (C=O) groups excluding carboxylic acids is 2. The van der Waals surface area contributed by atoms with Crippen molar-refractivity contribution in [1.82, 2.24) is 15.1 Å². The zero-order valence-electron chi connectivity index (χ0n) is 16.9. The van der Waals surface area contributed by atoms with Crippen LogP contribution in [0.1, 0.15) is 41.1 Å². The number of aryl methyl sites for hydroxylation is 3. The molecule has 2 aromatic rings. The Kier molecular flexibility index (Phi) is 5.56. The van der Waals surface area contributed by atoms with Gasteiger partial charge in [0, 0.05) is 43.2 Å². The molecule has 0 aliphatic carbocycles. The van der Waals surface area contributed by atoms with Crippen LogP contribution in [0.15, 0.2) is 16.5 Å². The van der Waals surface area contributed by atoms with Gasteiger partial charge in [0.15, 0.2) is 5.76 Å². The highest BCUT2D eigenvalue weighted by Crippen LogP contribution is 2.31. The van der Waals surface area contributed by atoms with Gasteiger partial charge in [-0.15, -0.1) is 0 Å². The molecule has 0 saturated carbocycles. The number of furan rings is 1.